The summed E-state index contributed by atoms with van der Waals surface area (Å²) in [4.78, 5) is 13.0. The molecule has 0 aliphatic carbocycles. The van der Waals surface area contributed by atoms with Gasteiger partial charge in [-0.2, -0.15) is 0 Å². The maximum absolute atomic E-state index is 13.7. The summed E-state index contributed by atoms with van der Waals surface area (Å²) >= 11 is 0. The second-order valence-corrected chi connectivity index (χ2v) is 5.43. The molecule has 3 rings (SSSR count). The molecule has 2 aromatic rings. The third-order valence-electron chi connectivity index (χ3n) is 3.99. The molecule has 1 fully saturated rings. The number of hydrogen-bond acceptors (Lipinski definition) is 5. The second kappa shape index (κ2) is 6.87. The molecule has 0 saturated carbocycles. The van der Waals surface area contributed by atoms with Crippen molar-refractivity contribution in [1.82, 2.24) is 14.9 Å². The first kappa shape index (κ1) is 15.6. The lowest BCUT2D eigenvalue weighted by Crippen LogP contribution is -2.46. The van der Waals surface area contributed by atoms with Gasteiger partial charge in [-0.3, -0.25) is 0 Å². The average molecular weight is 319 g/mol. The summed E-state index contributed by atoms with van der Waals surface area (Å²) in [7, 11) is 0. The van der Waals surface area contributed by atoms with Crippen LogP contribution in [0.25, 0.3) is 0 Å². The van der Waals surface area contributed by atoms with Crippen molar-refractivity contribution in [3.63, 3.8) is 0 Å². The highest BCUT2D eigenvalue weighted by atomic mass is 19.1. The maximum atomic E-state index is 13.7. The molecule has 7 heteroatoms. The van der Waals surface area contributed by atoms with Crippen molar-refractivity contribution in [1.29, 1.82) is 0 Å². The van der Waals surface area contributed by atoms with Crippen LogP contribution in [0.3, 0.4) is 0 Å². The monoisotopic (exact) mass is 319 g/mol. The van der Waals surface area contributed by atoms with Crippen molar-refractivity contribution in [2.75, 3.05) is 42.9 Å². The van der Waals surface area contributed by atoms with E-state index in [9.17, 15) is 8.78 Å². The fourth-order valence-electron chi connectivity index (χ4n) is 2.61. The Morgan fingerprint density at radius 2 is 1.87 bits per heavy atom. The van der Waals surface area contributed by atoms with Crippen molar-refractivity contribution < 1.29 is 8.78 Å². The zero-order valence-corrected chi connectivity index (χ0v) is 13.0. The van der Waals surface area contributed by atoms with Crippen molar-refractivity contribution >= 4 is 17.3 Å². The molecular weight excluding hydrogens is 300 g/mol. The van der Waals surface area contributed by atoms with Gasteiger partial charge in [0, 0.05) is 38.3 Å². The molecule has 0 amide bonds. The van der Waals surface area contributed by atoms with Crippen LogP contribution in [0.4, 0.5) is 26.1 Å². The fourth-order valence-corrected chi connectivity index (χ4v) is 2.61. The maximum Gasteiger partial charge on any atom is 0.149 e. The number of benzene rings is 1. The van der Waals surface area contributed by atoms with Gasteiger partial charge in [0.15, 0.2) is 0 Å². The van der Waals surface area contributed by atoms with E-state index in [-0.39, 0.29) is 5.69 Å². The van der Waals surface area contributed by atoms with E-state index in [0.717, 1.165) is 44.6 Å². The van der Waals surface area contributed by atoms with Gasteiger partial charge in [0.05, 0.1) is 5.69 Å². The summed E-state index contributed by atoms with van der Waals surface area (Å²) in [6.07, 6.45) is 1.45. The van der Waals surface area contributed by atoms with Crippen LogP contribution >= 0.6 is 0 Å². The molecule has 23 heavy (non-hydrogen) atoms. The first-order valence-electron chi connectivity index (χ1n) is 7.67. The average Bonchev–Trinajstić information content (AvgIpc) is 2.58. The summed E-state index contributed by atoms with van der Waals surface area (Å²) in [5, 5.41) is 2.87. The fraction of sp³-hybridized carbons (Fsp3) is 0.375. The van der Waals surface area contributed by atoms with Crippen LogP contribution < -0.4 is 10.2 Å². The van der Waals surface area contributed by atoms with Gasteiger partial charge in [0.1, 0.15) is 29.6 Å². The molecule has 2 heterocycles. The van der Waals surface area contributed by atoms with Crippen LogP contribution in [0.1, 0.15) is 6.92 Å². The van der Waals surface area contributed by atoms with E-state index in [1.54, 1.807) is 6.07 Å². The topological polar surface area (TPSA) is 44.3 Å². The molecule has 1 saturated heterocycles. The number of nitrogens with one attached hydrogen (secondary N) is 1. The Labute approximate surface area is 134 Å². The zero-order valence-electron chi connectivity index (χ0n) is 13.0. The van der Waals surface area contributed by atoms with E-state index >= 15 is 0 Å². The van der Waals surface area contributed by atoms with E-state index < -0.39 is 11.6 Å². The summed E-state index contributed by atoms with van der Waals surface area (Å²) in [6.45, 7) is 6.99. The third-order valence-corrected chi connectivity index (χ3v) is 3.99. The van der Waals surface area contributed by atoms with Gasteiger partial charge < -0.3 is 15.1 Å². The molecule has 0 radical (unpaired) electrons. The number of halogens is 2. The van der Waals surface area contributed by atoms with Crippen LogP contribution in [0.5, 0.6) is 0 Å². The molecule has 122 valence electrons. The van der Waals surface area contributed by atoms with Crippen LogP contribution in [0.15, 0.2) is 30.6 Å². The summed E-state index contributed by atoms with van der Waals surface area (Å²) in [5.74, 6) is 0.0335. The van der Waals surface area contributed by atoms with E-state index in [1.165, 1.54) is 18.5 Å². The second-order valence-electron chi connectivity index (χ2n) is 5.43. The highest BCUT2D eigenvalue weighted by Crippen LogP contribution is 2.22. The molecule has 1 aliphatic heterocycles. The number of piperazine rings is 1. The Morgan fingerprint density at radius 3 is 2.57 bits per heavy atom. The highest BCUT2D eigenvalue weighted by molar-refractivity contribution is 5.59. The molecule has 5 nitrogen and oxygen atoms in total. The Morgan fingerprint density at radius 1 is 1.09 bits per heavy atom. The van der Waals surface area contributed by atoms with Gasteiger partial charge in [0.25, 0.3) is 0 Å². The predicted octanol–water partition coefficient (Wildman–Crippen LogP) is 2.64. The van der Waals surface area contributed by atoms with Gasteiger partial charge in [-0.25, -0.2) is 18.7 Å². The van der Waals surface area contributed by atoms with Crippen molar-refractivity contribution in [3.8, 4) is 0 Å². The molecule has 0 spiro atoms. The number of anilines is 3. The Bertz CT molecular complexity index is 671. The van der Waals surface area contributed by atoms with Gasteiger partial charge >= 0.3 is 0 Å². The van der Waals surface area contributed by atoms with Gasteiger partial charge in [-0.15, -0.1) is 0 Å². The quantitative estimate of drug-likeness (QED) is 0.938. The standard InChI is InChI=1S/C16H19F2N5/c1-2-22-5-7-23(8-6-22)16-10-15(19-11-20-16)21-14-4-3-12(17)9-13(14)18/h3-4,9-11H,2,5-8H2,1H3,(H,19,20,21). The van der Waals surface area contributed by atoms with Crippen molar-refractivity contribution in [2.24, 2.45) is 0 Å². The minimum Gasteiger partial charge on any atom is -0.354 e. The van der Waals surface area contributed by atoms with Crippen LogP contribution in [-0.4, -0.2) is 47.6 Å². The van der Waals surface area contributed by atoms with E-state index in [4.69, 9.17) is 0 Å². The van der Waals surface area contributed by atoms with Gasteiger partial charge in [0.2, 0.25) is 0 Å². The Kier molecular flexibility index (Phi) is 4.66. The molecule has 1 N–H and O–H groups in total. The SMILES string of the molecule is CCN1CCN(c2cc(Nc3ccc(F)cc3F)ncn2)CC1. The summed E-state index contributed by atoms with van der Waals surface area (Å²) < 4.78 is 26.7. The van der Waals surface area contributed by atoms with Crippen LogP contribution in [0.2, 0.25) is 0 Å². The summed E-state index contributed by atoms with van der Waals surface area (Å²) in [6, 6.07) is 5.18. The van der Waals surface area contributed by atoms with Crippen LogP contribution in [-0.2, 0) is 0 Å². The van der Waals surface area contributed by atoms with E-state index in [1.807, 2.05) is 0 Å². The number of likely N-dealkylation sites (N-methyl/N-ethyl adjacent to an activating group) is 1. The normalized spacial score (nSPS) is 15.7. The lowest BCUT2D eigenvalue weighted by Gasteiger charge is -2.34. The Hall–Kier alpha value is -2.28. The first-order chi connectivity index (χ1) is 11.2. The molecule has 0 unspecified atom stereocenters. The minimum atomic E-state index is -0.651. The number of rotatable bonds is 4. The highest BCUT2D eigenvalue weighted by Gasteiger charge is 2.17. The van der Waals surface area contributed by atoms with Gasteiger partial charge in [-0.05, 0) is 18.7 Å². The van der Waals surface area contributed by atoms with E-state index in [0.29, 0.717) is 5.82 Å². The smallest absolute Gasteiger partial charge is 0.149 e. The molecule has 0 atom stereocenters. The lowest BCUT2D eigenvalue weighted by molar-refractivity contribution is 0.270. The van der Waals surface area contributed by atoms with Crippen molar-refractivity contribution in [2.45, 2.75) is 6.92 Å². The van der Waals surface area contributed by atoms with Crippen LogP contribution in [0, 0.1) is 11.6 Å². The molecule has 1 aliphatic rings. The summed E-state index contributed by atoms with van der Waals surface area (Å²) in [5.41, 5.74) is 0.187. The first-order valence-corrected chi connectivity index (χ1v) is 7.67. The van der Waals surface area contributed by atoms with Crippen molar-refractivity contribution in [3.05, 3.63) is 42.2 Å². The number of nitrogens with zero attached hydrogens (tertiary/aromatic N) is 4. The third kappa shape index (κ3) is 3.73. The predicted molar refractivity (Wildman–Crippen MR) is 86.0 cm³/mol. The zero-order chi connectivity index (χ0) is 16.2. The molecule has 0 bridgehead atoms. The Balaban J connectivity index is 1.72. The molecular formula is C16H19F2N5. The number of aromatic nitrogens is 2. The molecule has 1 aromatic carbocycles. The lowest BCUT2D eigenvalue weighted by atomic mass is 10.3. The number of hydrogen-bond donors (Lipinski definition) is 1. The molecule has 1 aromatic heterocycles. The largest absolute Gasteiger partial charge is 0.354 e. The minimum absolute atomic E-state index is 0.187. The van der Waals surface area contributed by atoms with Gasteiger partial charge in [-0.1, -0.05) is 6.92 Å². The van der Waals surface area contributed by atoms with E-state index in [2.05, 4.69) is 32.0 Å².